The van der Waals surface area contributed by atoms with Crippen LogP contribution in [-0.2, 0) is 14.6 Å². The van der Waals surface area contributed by atoms with Crippen molar-refractivity contribution in [3.63, 3.8) is 0 Å². The Labute approximate surface area is 167 Å². The van der Waals surface area contributed by atoms with Crippen LogP contribution in [0.1, 0.15) is 19.4 Å². The molecule has 6 nitrogen and oxygen atoms in total. The third kappa shape index (κ3) is 3.97. The monoisotopic (exact) mass is 423 g/mol. The zero-order valence-corrected chi connectivity index (χ0v) is 17.1. The van der Waals surface area contributed by atoms with Crippen molar-refractivity contribution in [2.75, 3.05) is 5.88 Å². The number of carbonyl (C=O) groups is 1. The Bertz CT molecular complexity index is 975. The molecule has 0 unspecified atom stereocenters. The van der Waals surface area contributed by atoms with Gasteiger partial charge in [0.1, 0.15) is 10.9 Å². The lowest BCUT2D eigenvalue weighted by Gasteiger charge is -2.26. The molecule has 2 aromatic rings. The van der Waals surface area contributed by atoms with E-state index in [2.05, 4.69) is 10.5 Å². The second-order valence-electron chi connectivity index (χ2n) is 6.35. The van der Waals surface area contributed by atoms with Crippen LogP contribution in [0.3, 0.4) is 0 Å². The van der Waals surface area contributed by atoms with Crippen molar-refractivity contribution in [2.24, 2.45) is 5.10 Å². The fraction of sp³-hybridized carbons (Fsp3) is 0.222. The fourth-order valence-electron chi connectivity index (χ4n) is 2.35. The minimum absolute atomic E-state index is 0.0383. The fourth-order valence-corrected chi connectivity index (χ4v) is 4.68. The molecule has 1 amide bonds. The van der Waals surface area contributed by atoms with E-state index in [-0.39, 0.29) is 4.90 Å². The van der Waals surface area contributed by atoms with Crippen LogP contribution >= 0.6 is 23.4 Å². The number of sulfone groups is 1. The highest BCUT2D eigenvalue weighted by molar-refractivity contribution is 8.14. The number of halogens is 1. The van der Waals surface area contributed by atoms with Crippen molar-refractivity contribution in [1.29, 1.82) is 0 Å². The summed E-state index contributed by atoms with van der Waals surface area (Å²) in [6.07, 6.45) is 0. The summed E-state index contributed by atoms with van der Waals surface area (Å²) in [5, 5.41) is 6.89. The van der Waals surface area contributed by atoms with E-state index in [1.54, 1.807) is 0 Å². The second-order valence-corrected chi connectivity index (χ2v) is 10.2. The summed E-state index contributed by atoms with van der Waals surface area (Å²) in [7, 11) is -3.91. The largest absolute Gasteiger partial charge is 0.271 e. The van der Waals surface area contributed by atoms with Gasteiger partial charge < -0.3 is 0 Å². The summed E-state index contributed by atoms with van der Waals surface area (Å²) in [5.74, 6) is -0.261. The van der Waals surface area contributed by atoms with Crippen molar-refractivity contribution in [1.82, 2.24) is 10.5 Å². The number of rotatable bonds is 5. The Balaban J connectivity index is 1.77. The number of hydrogen-bond donors (Lipinski definition) is 1. The molecule has 0 spiro atoms. The maximum Gasteiger partial charge on any atom is 0.261 e. The van der Waals surface area contributed by atoms with Crippen LogP contribution in [0.15, 0.2) is 64.6 Å². The Morgan fingerprint density at radius 1 is 1.15 bits per heavy atom. The lowest BCUT2D eigenvalue weighted by atomic mass is 10.2. The molecular weight excluding hydrogens is 406 g/mol. The molecule has 3 rings (SSSR count). The van der Waals surface area contributed by atoms with E-state index in [9.17, 15) is 13.2 Å². The Morgan fingerprint density at radius 2 is 1.78 bits per heavy atom. The van der Waals surface area contributed by atoms with Crippen LogP contribution in [-0.4, -0.2) is 35.1 Å². The Kier molecular flexibility index (Phi) is 5.50. The minimum Gasteiger partial charge on any atom is -0.271 e. The lowest BCUT2D eigenvalue weighted by Crippen LogP contribution is -2.52. The van der Waals surface area contributed by atoms with Gasteiger partial charge in [0.2, 0.25) is 0 Å². The topological polar surface area (TPSA) is 78.8 Å². The number of hydrogen-bond acceptors (Lipinski definition) is 6. The highest BCUT2D eigenvalue weighted by Gasteiger charge is 2.43. The normalized spacial score (nSPS) is 14.8. The SMILES string of the molecule is CC(C)(C(=O)NN1CSC(c2ccccc2)=N1)S(=O)(=O)c1ccc(Cl)cc1. The number of hydrazone groups is 1. The zero-order valence-electron chi connectivity index (χ0n) is 14.7. The van der Waals surface area contributed by atoms with Crippen molar-refractivity contribution < 1.29 is 13.2 Å². The maximum absolute atomic E-state index is 12.9. The molecule has 0 fully saturated rings. The second kappa shape index (κ2) is 7.53. The first-order valence-electron chi connectivity index (χ1n) is 8.07. The minimum atomic E-state index is -3.91. The first kappa shape index (κ1) is 19.7. The van der Waals surface area contributed by atoms with Gasteiger partial charge in [0.15, 0.2) is 14.6 Å². The molecule has 27 heavy (non-hydrogen) atoms. The van der Waals surface area contributed by atoms with E-state index < -0.39 is 20.5 Å². The van der Waals surface area contributed by atoms with Gasteiger partial charge >= 0.3 is 0 Å². The zero-order chi connectivity index (χ0) is 19.7. The highest BCUT2D eigenvalue weighted by Crippen LogP contribution is 2.28. The number of carbonyl (C=O) groups excluding carboxylic acids is 1. The molecule has 1 heterocycles. The molecule has 1 aliphatic heterocycles. The van der Waals surface area contributed by atoms with Crippen molar-refractivity contribution in [3.8, 4) is 0 Å². The molecule has 0 radical (unpaired) electrons. The van der Waals surface area contributed by atoms with E-state index >= 15 is 0 Å². The predicted molar refractivity (Wildman–Crippen MR) is 108 cm³/mol. The molecule has 2 aromatic carbocycles. The molecule has 0 aromatic heterocycles. The average molecular weight is 424 g/mol. The number of hydrazine groups is 1. The van der Waals surface area contributed by atoms with Gasteiger partial charge in [0.25, 0.3) is 5.91 Å². The summed E-state index contributed by atoms with van der Waals surface area (Å²) in [4.78, 5) is 12.8. The highest BCUT2D eigenvalue weighted by atomic mass is 35.5. The molecule has 9 heteroatoms. The molecule has 1 N–H and O–H groups in total. The standard InChI is InChI=1S/C18H18ClN3O3S2/c1-18(2,27(24,25)15-10-8-14(19)9-11-15)17(23)21-22-12-26-16(20-22)13-6-4-3-5-7-13/h3-11H,12H2,1-2H3,(H,21,23). The summed E-state index contributed by atoms with van der Waals surface area (Å²) < 4.78 is 24.1. The van der Waals surface area contributed by atoms with Crippen molar-refractivity contribution in [2.45, 2.75) is 23.5 Å². The van der Waals surface area contributed by atoms with E-state index in [1.807, 2.05) is 30.3 Å². The summed E-state index contributed by atoms with van der Waals surface area (Å²) in [6.45, 7) is 2.74. The number of nitrogens with zero attached hydrogens (tertiary/aromatic N) is 2. The van der Waals surface area contributed by atoms with Gasteiger partial charge in [-0.2, -0.15) is 5.12 Å². The smallest absolute Gasteiger partial charge is 0.261 e. The molecule has 0 atom stereocenters. The number of benzene rings is 2. The van der Waals surface area contributed by atoms with E-state index in [1.165, 1.54) is 55.0 Å². The Hall–Kier alpha value is -2.03. The van der Waals surface area contributed by atoms with Gasteiger partial charge in [-0.1, -0.05) is 53.7 Å². The first-order valence-corrected chi connectivity index (χ1v) is 10.9. The predicted octanol–water partition coefficient (Wildman–Crippen LogP) is 3.29. The van der Waals surface area contributed by atoms with Gasteiger partial charge in [-0.05, 0) is 38.1 Å². The number of amides is 1. The van der Waals surface area contributed by atoms with Gasteiger partial charge in [-0.15, -0.1) is 5.10 Å². The van der Waals surface area contributed by atoms with Crippen LogP contribution < -0.4 is 5.43 Å². The third-order valence-electron chi connectivity index (χ3n) is 4.13. The Morgan fingerprint density at radius 3 is 2.41 bits per heavy atom. The van der Waals surface area contributed by atoms with E-state index in [0.717, 1.165) is 10.6 Å². The van der Waals surface area contributed by atoms with Crippen LogP contribution in [0.5, 0.6) is 0 Å². The van der Waals surface area contributed by atoms with E-state index in [0.29, 0.717) is 10.9 Å². The maximum atomic E-state index is 12.9. The number of nitrogens with one attached hydrogen (secondary N) is 1. The summed E-state index contributed by atoms with van der Waals surface area (Å²) in [6, 6.07) is 15.3. The summed E-state index contributed by atoms with van der Waals surface area (Å²) in [5.41, 5.74) is 3.52. The van der Waals surface area contributed by atoms with Gasteiger partial charge in [0, 0.05) is 10.6 Å². The quantitative estimate of drug-likeness (QED) is 0.798. The number of thioether (sulfide) groups is 1. The third-order valence-corrected chi connectivity index (χ3v) is 7.77. The summed E-state index contributed by atoms with van der Waals surface area (Å²) >= 11 is 7.28. The van der Waals surface area contributed by atoms with E-state index in [4.69, 9.17) is 11.6 Å². The van der Waals surface area contributed by atoms with Gasteiger partial charge in [-0.25, -0.2) is 13.8 Å². The molecule has 0 aliphatic carbocycles. The molecule has 0 saturated carbocycles. The molecule has 1 aliphatic rings. The molecular formula is C18H18ClN3O3S2. The first-order chi connectivity index (χ1) is 12.7. The molecule has 0 saturated heterocycles. The molecule has 0 bridgehead atoms. The van der Waals surface area contributed by atoms with Gasteiger partial charge in [-0.3, -0.25) is 4.79 Å². The average Bonchev–Trinajstić information content (AvgIpc) is 3.11. The lowest BCUT2D eigenvalue weighted by molar-refractivity contribution is -0.127. The van der Waals surface area contributed by atoms with Crippen LogP contribution in [0.2, 0.25) is 5.02 Å². The van der Waals surface area contributed by atoms with Crippen molar-refractivity contribution in [3.05, 3.63) is 65.2 Å². The van der Waals surface area contributed by atoms with Crippen LogP contribution in [0, 0.1) is 0 Å². The van der Waals surface area contributed by atoms with Crippen LogP contribution in [0.4, 0.5) is 0 Å². The van der Waals surface area contributed by atoms with Crippen molar-refractivity contribution >= 4 is 44.2 Å². The van der Waals surface area contributed by atoms with Gasteiger partial charge in [0.05, 0.1) is 4.90 Å². The molecule has 142 valence electrons. The van der Waals surface area contributed by atoms with Crippen LogP contribution in [0.25, 0.3) is 0 Å².